The standard InChI is InChI=1S/C13H14N2O2S/c14-10-12-4-6-13(7-5-12)11-18(16,17)15-8-2-1-3-9-15/h1-2,4-7H,3,8-9,11H2. The van der Waals surface area contributed by atoms with Crippen molar-refractivity contribution in [3.8, 4) is 6.07 Å². The third kappa shape index (κ3) is 2.97. The van der Waals surface area contributed by atoms with Crippen molar-refractivity contribution in [2.24, 2.45) is 0 Å². The van der Waals surface area contributed by atoms with Gasteiger partial charge in [-0.1, -0.05) is 24.3 Å². The van der Waals surface area contributed by atoms with Crippen LogP contribution in [-0.2, 0) is 15.8 Å². The Hall–Kier alpha value is -1.64. The van der Waals surface area contributed by atoms with Crippen LogP contribution in [0.3, 0.4) is 0 Å². The number of hydrogen-bond acceptors (Lipinski definition) is 3. The van der Waals surface area contributed by atoms with Crippen molar-refractivity contribution in [2.75, 3.05) is 13.1 Å². The summed E-state index contributed by atoms with van der Waals surface area (Å²) in [4.78, 5) is 0. The van der Waals surface area contributed by atoms with Crippen molar-refractivity contribution in [3.63, 3.8) is 0 Å². The Morgan fingerprint density at radius 3 is 2.50 bits per heavy atom. The third-order valence-electron chi connectivity index (χ3n) is 2.85. The fourth-order valence-corrected chi connectivity index (χ4v) is 3.34. The number of nitriles is 1. The lowest BCUT2D eigenvalue weighted by molar-refractivity contribution is 0.437. The molecule has 0 N–H and O–H groups in total. The van der Waals surface area contributed by atoms with Gasteiger partial charge >= 0.3 is 0 Å². The van der Waals surface area contributed by atoms with E-state index in [0.717, 1.165) is 6.42 Å². The van der Waals surface area contributed by atoms with Gasteiger partial charge in [0.15, 0.2) is 0 Å². The molecule has 94 valence electrons. The number of benzene rings is 1. The first-order chi connectivity index (χ1) is 8.62. The molecule has 0 bridgehead atoms. The van der Waals surface area contributed by atoms with Crippen LogP contribution in [0.15, 0.2) is 36.4 Å². The molecule has 4 nitrogen and oxygen atoms in total. The second kappa shape index (κ2) is 5.34. The smallest absolute Gasteiger partial charge is 0.212 e. The van der Waals surface area contributed by atoms with Gasteiger partial charge < -0.3 is 0 Å². The summed E-state index contributed by atoms with van der Waals surface area (Å²) in [6.45, 7) is 1.01. The highest BCUT2D eigenvalue weighted by Gasteiger charge is 2.22. The number of rotatable bonds is 3. The fourth-order valence-electron chi connectivity index (χ4n) is 1.85. The maximum Gasteiger partial charge on any atom is 0.218 e. The Bertz CT molecular complexity index is 582. The summed E-state index contributed by atoms with van der Waals surface area (Å²) in [6.07, 6.45) is 4.64. The van der Waals surface area contributed by atoms with E-state index in [2.05, 4.69) is 0 Å². The molecule has 0 aromatic heterocycles. The molecule has 0 aliphatic carbocycles. The molecule has 0 amide bonds. The number of sulfonamides is 1. The summed E-state index contributed by atoms with van der Waals surface area (Å²) in [5, 5.41) is 8.68. The monoisotopic (exact) mass is 262 g/mol. The van der Waals surface area contributed by atoms with Gasteiger partial charge in [-0.3, -0.25) is 0 Å². The van der Waals surface area contributed by atoms with E-state index in [9.17, 15) is 8.42 Å². The largest absolute Gasteiger partial charge is 0.218 e. The van der Waals surface area contributed by atoms with Crippen LogP contribution in [-0.4, -0.2) is 25.8 Å². The first-order valence-electron chi connectivity index (χ1n) is 5.74. The molecule has 0 radical (unpaired) electrons. The van der Waals surface area contributed by atoms with Gasteiger partial charge in [0.1, 0.15) is 0 Å². The lowest BCUT2D eigenvalue weighted by atomic mass is 10.2. The van der Waals surface area contributed by atoms with E-state index in [4.69, 9.17) is 5.26 Å². The molecule has 1 aliphatic rings. The second-order valence-corrected chi connectivity index (χ2v) is 6.15. The lowest BCUT2D eigenvalue weighted by Crippen LogP contribution is -2.34. The normalized spacial score (nSPS) is 16.4. The zero-order valence-corrected chi connectivity index (χ0v) is 10.7. The van der Waals surface area contributed by atoms with Gasteiger partial charge in [-0.25, -0.2) is 8.42 Å². The molecule has 0 saturated carbocycles. The van der Waals surface area contributed by atoms with Gasteiger partial charge in [-0.2, -0.15) is 9.57 Å². The quantitative estimate of drug-likeness (QED) is 0.778. The number of nitrogens with zero attached hydrogens (tertiary/aromatic N) is 2. The predicted molar refractivity (Wildman–Crippen MR) is 69.1 cm³/mol. The van der Waals surface area contributed by atoms with Crippen LogP contribution in [0.1, 0.15) is 17.5 Å². The van der Waals surface area contributed by atoms with Crippen molar-refractivity contribution < 1.29 is 8.42 Å². The Morgan fingerprint density at radius 1 is 1.22 bits per heavy atom. The second-order valence-electron chi connectivity index (χ2n) is 4.18. The summed E-state index contributed by atoms with van der Waals surface area (Å²) >= 11 is 0. The Kier molecular flexibility index (Phi) is 3.80. The van der Waals surface area contributed by atoms with Gasteiger partial charge in [0.05, 0.1) is 17.4 Å². The molecule has 5 heteroatoms. The van der Waals surface area contributed by atoms with Crippen LogP contribution >= 0.6 is 0 Å². The number of hydrogen-bond donors (Lipinski definition) is 0. The molecule has 0 fully saturated rings. The maximum absolute atomic E-state index is 12.1. The molecule has 18 heavy (non-hydrogen) atoms. The van der Waals surface area contributed by atoms with E-state index in [1.807, 2.05) is 18.2 Å². The van der Waals surface area contributed by atoms with Gasteiger partial charge in [-0.15, -0.1) is 0 Å². The average molecular weight is 262 g/mol. The molecule has 1 aromatic carbocycles. The molecule has 1 heterocycles. The summed E-state index contributed by atoms with van der Waals surface area (Å²) in [5.41, 5.74) is 1.25. The predicted octanol–water partition coefficient (Wildman–Crippen LogP) is 1.65. The van der Waals surface area contributed by atoms with E-state index in [0.29, 0.717) is 24.2 Å². The van der Waals surface area contributed by atoms with Crippen LogP contribution in [0.4, 0.5) is 0 Å². The molecule has 0 saturated heterocycles. The van der Waals surface area contributed by atoms with Crippen LogP contribution in [0.5, 0.6) is 0 Å². The highest BCUT2D eigenvalue weighted by atomic mass is 32.2. The van der Waals surface area contributed by atoms with Crippen LogP contribution in [0.2, 0.25) is 0 Å². The van der Waals surface area contributed by atoms with E-state index in [-0.39, 0.29) is 5.75 Å². The molecule has 1 aliphatic heterocycles. The summed E-state index contributed by atoms with van der Waals surface area (Å²) in [5.74, 6) is -0.00739. The summed E-state index contributed by atoms with van der Waals surface area (Å²) in [6, 6.07) is 8.67. The average Bonchev–Trinajstić information content (AvgIpc) is 2.40. The minimum absolute atomic E-state index is 0.00739. The molecule has 1 aromatic rings. The third-order valence-corrected chi connectivity index (χ3v) is 4.66. The molecule has 2 rings (SSSR count). The van der Waals surface area contributed by atoms with Gasteiger partial charge in [0, 0.05) is 13.1 Å². The van der Waals surface area contributed by atoms with Gasteiger partial charge in [0.25, 0.3) is 0 Å². The first kappa shape index (κ1) is 12.8. The van der Waals surface area contributed by atoms with E-state index in [1.54, 1.807) is 24.3 Å². The van der Waals surface area contributed by atoms with Crippen molar-refractivity contribution in [2.45, 2.75) is 12.2 Å². The summed E-state index contributed by atoms with van der Waals surface area (Å²) < 4.78 is 25.8. The van der Waals surface area contributed by atoms with Crippen molar-refractivity contribution >= 4 is 10.0 Å². The Balaban J connectivity index is 2.12. The van der Waals surface area contributed by atoms with Crippen LogP contribution in [0.25, 0.3) is 0 Å². The zero-order chi connectivity index (χ0) is 13.0. The maximum atomic E-state index is 12.1. The first-order valence-corrected chi connectivity index (χ1v) is 7.34. The van der Waals surface area contributed by atoms with E-state index < -0.39 is 10.0 Å². The summed E-state index contributed by atoms with van der Waals surface area (Å²) in [7, 11) is -3.26. The van der Waals surface area contributed by atoms with E-state index in [1.165, 1.54) is 4.31 Å². The SMILES string of the molecule is N#Cc1ccc(CS(=O)(=O)N2CC=CCC2)cc1. The molecule has 0 unspecified atom stereocenters. The zero-order valence-electron chi connectivity index (χ0n) is 9.91. The minimum atomic E-state index is -3.26. The van der Waals surface area contributed by atoms with Crippen molar-refractivity contribution in [1.29, 1.82) is 5.26 Å². The highest BCUT2D eigenvalue weighted by Crippen LogP contribution is 2.14. The minimum Gasteiger partial charge on any atom is -0.212 e. The van der Waals surface area contributed by atoms with Gasteiger partial charge in [0.2, 0.25) is 10.0 Å². The van der Waals surface area contributed by atoms with Crippen molar-refractivity contribution in [3.05, 3.63) is 47.5 Å². The lowest BCUT2D eigenvalue weighted by Gasteiger charge is -2.22. The van der Waals surface area contributed by atoms with Crippen LogP contribution < -0.4 is 0 Å². The molecule has 0 spiro atoms. The molecular weight excluding hydrogens is 248 g/mol. The Labute approximate surface area is 107 Å². The van der Waals surface area contributed by atoms with E-state index >= 15 is 0 Å². The van der Waals surface area contributed by atoms with Crippen molar-refractivity contribution in [1.82, 2.24) is 4.31 Å². The van der Waals surface area contributed by atoms with Gasteiger partial charge in [-0.05, 0) is 24.1 Å². The molecule has 0 atom stereocenters. The topological polar surface area (TPSA) is 61.2 Å². The Morgan fingerprint density at radius 2 is 1.94 bits per heavy atom. The van der Waals surface area contributed by atoms with Crippen LogP contribution in [0, 0.1) is 11.3 Å². The molecular formula is C13H14N2O2S. The fraction of sp³-hybridized carbons (Fsp3) is 0.308. The highest BCUT2D eigenvalue weighted by molar-refractivity contribution is 7.88.